The van der Waals surface area contributed by atoms with Crippen molar-refractivity contribution in [3.8, 4) is 5.75 Å². The minimum absolute atomic E-state index is 0.152. The summed E-state index contributed by atoms with van der Waals surface area (Å²) in [6.07, 6.45) is 1.94. The average Bonchev–Trinajstić information content (AvgIpc) is 2.83. The van der Waals surface area contributed by atoms with Crippen LogP contribution in [0.1, 0.15) is 10.4 Å². The quantitative estimate of drug-likeness (QED) is 0.928. The van der Waals surface area contributed by atoms with E-state index in [1.54, 1.807) is 11.3 Å². The summed E-state index contributed by atoms with van der Waals surface area (Å²) in [4.78, 5) is 1.33. The first-order valence-corrected chi connectivity index (χ1v) is 8.04. The van der Waals surface area contributed by atoms with E-state index in [1.807, 2.05) is 12.1 Å². The summed E-state index contributed by atoms with van der Waals surface area (Å²) in [7, 11) is 0. The van der Waals surface area contributed by atoms with E-state index >= 15 is 0 Å². The lowest BCUT2D eigenvalue weighted by Gasteiger charge is -2.29. The molecule has 0 amide bonds. The molecule has 0 radical (unpaired) electrons. The Morgan fingerprint density at radius 2 is 2.16 bits per heavy atom. The van der Waals surface area contributed by atoms with E-state index in [0.717, 1.165) is 25.2 Å². The second kappa shape index (κ2) is 5.65. The number of halogens is 1. The molecule has 2 unspecified atom stereocenters. The second-order valence-corrected chi connectivity index (χ2v) is 7.50. The van der Waals surface area contributed by atoms with Crippen molar-refractivity contribution in [3.63, 3.8) is 0 Å². The highest BCUT2D eigenvalue weighted by molar-refractivity contribution is 9.11. The van der Waals surface area contributed by atoms with Gasteiger partial charge in [0.05, 0.1) is 10.4 Å². The van der Waals surface area contributed by atoms with Gasteiger partial charge in [-0.2, -0.15) is 0 Å². The van der Waals surface area contributed by atoms with Gasteiger partial charge in [-0.3, -0.25) is 0 Å². The summed E-state index contributed by atoms with van der Waals surface area (Å²) in [5.41, 5.74) is 7.64. The van der Waals surface area contributed by atoms with Crippen LogP contribution in [0.2, 0.25) is 0 Å². The fourth-order valence-electron chi connectivity index (χ4n) is 2.49. The Balaban J connectivity index is 1.67. The van der Waals surface area contributed by atoms with Gasteiger partial charge in [0.1, 0.15) is 5.75 Å². The molecule has 1 aromatic carbocycles. The highest BCUT2D eigenvalue weighted by Crippen LogP contribution is 2.30. The third-order valence-electron chi connectivity index (χ3n) is 3.58. The highest BCUT2D eigenvalue weighted by atomic mass is 79.9. The van der Waals surface area contributed by atoms with Crippen molar-refractivity contribution < 1.29 is 4.74 Å². The van der Waals surface area contributed by atoms with E-state index in [-0.39, 0.29) is 6.04 Å². The lowest BCUT2D eigenvalue weighted by molar-refractivity contribution is 0.199. The normalized spacial score (nSPS) is 19.6. The average molecular weight is 338 g/mol. The molecule has 2 nitrogen and oxygen atoms in total. The van der Waals surface area contributed by atoms with Crippen molar-refractivity contribution in [2.45, 2.75) is 18.9 Å². The Hall–Kier alpha value is -0.840. The third kappa shape index (κ3) is 3.02. The smallest absolute Gasteiger partial charge is 0.122 e. The van der Waals surface area contributed by atoms with Crippen molar-refractivity contribution in [3.05, 3.63) is 50.6 Å². The number of thiophene rings is 1. The molecule has 4 heteroatoms. The van der Waals surface area contributed by atoms with E-state index in [0.29, 0.717) is 5.92 Å². The summed E-state index contributed by atoms with van der Waals surface area (Å²) in [5.74, 6) is 1.42. The van der Waals surface area contributed by atoms with Gasteiger partial charge in [-0.1, -0.05) is 18.2 Å². The first-order chi connectivity index (χ1) is 9.22. The van der Waals surface area contributed by atoms with Crippen molar-refractivity contribution in [1.29, 1.82) is 0 Å². The van der Waals surface area contributed by atoms with Gasteiger partial charge in [0, 0.05) is 16.8 Å². The molecule has 2 aromatic rings. The highest BCUT2D eigenvalue weighted by Gasteiger charge is 2.25. The summed E-state index contributed by atoms with van der Waals surface area (Å²) >= 11 is 5.25. The minimum atomic E-state index is 0.152. The Labute approximate surface area is 125 Å². The third-order valence-corrected chi connectivity index (χ3v) is 5.22. The predicted molar refractivity (Wildman–Crippen MR) is 82.8 cm³/mol. The zero-order valence-electron chi connectivity index (χ0n) is 10.5. The molecule has 0 fully saturated rings. The molecule has 0 saturated carbocycles. The molecule has 0 bridgehead atoms. The Morgan fingerprint density at radius 3 is 2.95 bits per heavy atom. The maximum absolute atomic E-state index is 6.36. The monoisotopic (exact) mass is 337 g/mol. The second-order valence-electron chi connectivity index (χ2n) is 4.96. The molecule has 19 heavy (non-hydrogen) atoms. The molecule has 1 aliphatic rings. The number of hydrogen-bond acceptors (Lipinski definition) is 3. The fourth-order valence-corrected chi connectivity index (χ4v) is 4.04. The van der Waals surface area contributed by atoms with Crippen LogP contribution in [0.15, 0.2) is 40.2 Å². The van der Waals surface area contributed by atoms with Crippen LogP contribution < -0.4 is 10.5 Å². The number of fused-ring (bicyclic) bond motifs is 1. The number of benzene rings is 1. The molecule has 0 saturated heterocycles. The van der Waals surface area contributed by atoms with Gasteiger partial charge >= 0.3 is 0 Å². The molecule has 2 N–H and O–H groups in total. The molecular formula is C15H16BrNOS. The van der Waals surface area contributed by atoms with Crippen LogP contribution in [0.5, 0.6) is 5.75 Å². The molecular weight excluding hydrogens is 322 g/mol. The molecule has 2 atom stereocenters. The molecule has 3 rings (SSSR count). The Bertz CT molecular complexity index is 569. The van der Waals surface area contributed by atoms with Crippen LogP contribution in [0.25, 0.3) is 0 Å². The van der Waals surface area contributed by atoms with Crippen molar-refractivity contribution in [2.75, 3.05) is 6.61 Å². The lowest BCUT2D eigenvalue weighted by atomic mass is 9.89. The van der Waals surface area contributed by atoms with Gasteiger partial charge < -0.3 is 10.5 Å². The van der Waals surface area contributed by atoms with E-state index in [1.165, 1.54) is 14.2 Å². The number of rotatable bonds is 3. The van der Waals surface area contributed by atoms with Crippen LogP contribution >= 0.6 is 27.3 Å². The number of hydrogen-bond donors (Lipinski definition) is 1. The predicted octanol–water partition coefficient (Wildman–Crippen LogP) is 3.63. The standard InChI is InChI=1S/C15H16BrNOS/c16-15-6-5-12(19-15)8-13(17)11-7-10-3-1-2-4-14(10)18-9-11/h1-6,11,13H,7-9,17H2. The van der Waals surface area contributed by atoms with Gasteiger partial charge in [0.25, 0.3) is 0 Å². The summed E-state index contributed by atoms with van der Waals surface area (Å²) in [6, 6.07) is 12.6. The molecule has 0 spiro atoms. The van der Waals surface area contributed by atoms with Crippen LogP contribution in [0, 0.1) is 5.92 Å². The number of ether oxygens (including phenoxy) is 1. The summed E-state index contributed by atoms with van der Waals surface area (Å²) in [6.45, 7) is 0.727. The maximum Gasteiger partial charge on any atom is 0.122 e. The van der Waals surface area contributed by atoms with Crippen LogP contribution in [0.3, 0.4) is 0 Å². The number of para-hydroxylation sites is 1. The topological polar surface area (TPSA) is 35.2 Å². The van der Waals surface area contributed by atoms with Crippen LogP contribution in [-0.4, -0.2) is 12.6 Å². The van der Waals surface area contributed by atoms with Crippen LogP contribution in [0.4, 0.5) is 0 Å². The number of nitrogens with two attached hydrogens (primary N) is 1. The van der Waals surface area contributed by atoms with Gasteiger partial charge in [0.2, 0.25) is 0 Å². The zero-order chi connectivity index (χ0) is 13.2. The largest absolute Gasteiger partial charge is 0.493 e. The lowest BCUT2D eigenvalue weighted by Crippen LogP contribution is -2.39. The Morgan fingerprint density at radius 1 is 1.32 bits per heavy atom. The molecule has 0 aliphatic carbocycles. The van der Waals surface area contributed by atoms with Crippen molar-refractivity contribution >= 4 is 27.3 Å². The van der Waals surface area contributed by atoms with Gasteiger partial charge in [-0.05, 0) is 52.5 Å². The molecule has 100 valence electrons. The fraction of sp³-hybridized carbons (Fsp3) is 0.333. The SMILES string of the molecule is NC(Cc1ccc(Br)s1)C1COc2ccccc2C1. The van der Waals surface area contributed by atoms with E-state index in [4.69, 9.17) is 10.5 Å². The van der Waals surface area contributed by atoms with E-state index in [2.05, 4.69) is 40.2 Å². The van der Waals surface area contributed by atoms with Crippen LogP contribution in [-0.2, 0) is 12.8 Å². The summed E-state index contributed by atoms with van der Waals surface area (Å²) in [5, 5.41) is 0. The van der Waals surface area contributed by atoms with E-state index < -0.39 is 0 Å². The molecule has 2 heterocycles. The van der Waals surface area contributed by atoms with Crippen molar-refractivity contribution in [1.82, 2.24) is 0 Å². The Kier molecular flexibility index (Phi) is 3.91. The first-order valence-electron chi connectivity index (χ1n) is 6.43. The minimum Gasteiger partial charge on any atom is -0.493 e. The van der Waals surface area contributed by atoms with Gasteiger partial charge in [0.15, 0.2) is 0 Å². The molecule has 1 aliphatic heterocycles. The summed E-state index contributed by atoms with van der Waals surface area (Å²) < 4.78 is 6.98. The van der Waals surface area contributed by atoms with Gasteiger partial charge in [-0.15, -0.1) is 11.3 Å². The van der Waals surface area contributed by atoms with Gasteiger partial charge in [-0.25, -0.2) is 0 Å². The van der Waals surface area contributed by atoms with E-state index in [9.17, 15) is 0 Å². The zero-order valence-corrected chi connectivity index (χ0v) is 12.9. The maximum atomic E-state index is 6.36. The molecule has 1 aromatic heterocycles. The van der Waals surface area contributed by atoms with Crippen molar-refractivity contribution in [2.24, 2.45) is 11.7 Å². The first kappa shape index (κ1) is 13.2.